The summed E-state index contributed by atoms with van der Waals surface area (Å²) < 4.78 is 32.0. The van der Waals surface area contributed by atoms with Gasteiger partial charge in [-0.25, -0.2) is 0 Å². The van der Waals surface area contributed by atoms with Crippen LogP contribution in [0.2, 0.25) is 0 Å². The molecule has 0 aromatic rings. The average molecular weight is 491 g/mol. The molecular formula is C28H42O7. The Morgan fingerprint density at radius 3 is 2.80 bits per heavy atom. The summed E-state index contributed by atoms with van der Waals surface area (Å²) in [4.78, 5) is 0. The predicted molar refractivity (Wildman–Crippen MR) is 126 cm³/mol. The molecule has 4 heterocycles. The Labute approximate surface area is 208 Å². The Kier molecular flexibility index (Phi) is 5.37. The van der Waals surface area contributed by atoms with Crippen molar-refractivity contribution in [2.75, 3.05) is 19.8 Å². The molecule has 4 saturated heterocycles. The lowest BCUT2D eigenvalue weighted by molar-refractivity contribution is -0.356. The standard InChI is InChI=1S/C28H42O7/c1-15-25(30)16(12-29)10-23(33-15)34-18-6-8-26(2)17(11-18)4-5-20-19(26)7-9-27(3)24-21-14-32-28(20,27)35-22(24)13-31-21/h4,15-16,18-25,29-30H,5-14H2,1-3H3/t15?,16?,18-,19-,20+,21+,22+,23?,24-,25?,26-,27+,28+/m0/s1. The molecule has 7 nitrogen and oxygen atoms in total. The molecule has 35 heavy (non-hydrogen) atoms. The SMILES string of the molecule is CC1OC(O[C@H]2CC[C@@]3(C)C(=CC[C@@H]4[C@@H]3CC[C@]3(C)[C@H]5[C@H]6CO[C@@]43O[C@@H]5CO6)C2)CC(CO)C1O. The first-order valence-corrected chi connectivity index (χ1v) is 14.0. The van der Waals surface area contributed by atoms with E-state index in [0.717, 1.165) is 38.7 Å². The minimum atomic E-state index is -0.634. The molecule has 0 amide bonds. The highest BCUT2D eigenvalue weighted by Crippen LogP contribution is 2.71. The van der Waals surface area contributed by atoms with Crippen LogP contribution in [0, 0.1) is 34.5 Å². The Balaban J connectivity index is 1.10. The fourth-order valence-corrected chi connectivity index (χ4v) is 9.66. The van der Waals surface area contributed by atoms with Crippen LogP contribution in [0.15, 0.2) is 11.6 Å². The predicted octanol–water partition coefficient (Wildman–Crippen LogP) is 3.17. The molecule has 7 heteroatoms. The van der Waals surface area contributed by atoms with Crippen molar-refractivity contribution in [3.63, 3.8) is 0 Å². The summed E-state index contributed by atoms with van der Waals surface area (Å²) in [6.07, 6.45) is 8.66. The van der Waals surface area contributed by atoms with E-state index in [0.29, 0.717) is 30.8 Å². The van der Waals surface area contributed by atoms with Crippen molar-refractivity contribution in [2.24, 2.45) is 34.5 Å². The second-order valence-electron chi connectivity index (χ2n) is 13.0. The number of rotatable bonds is 3. The monoisotopic (exact) mass is 490 g/mol. The lowest BCUT2D eigenvalue weighted by Crippen LogP contribution is -2.66. The van der Waals surface area contributed by atoms with E-state index < -0.39 is 11.9 Å². The summed E-state index contributed by atoms with van der Waals surface area (Å²) in [6.45, 7) is 8.12. The zero-order valence-corrected chi connectivity index (χ0v) is 21.4. The van der Waals surface area contributed by atoms with E-state index in [-0.39, 0.29) is 54.1 Å². The van der Waals surface area contributed by atoms with Gasteiger partial charge in [-0.05, 0) is 56.8 Å². The highest BCUT2D eigenvalue weighted by molar-refractivity contribution is 5.28. The van der Waals surface area contributed by atoms with E-state index >= 15 is 0 Å². The minimum Gasteiger partial charge on any atom is -0.396 e. The van der Waals surface area contributed by atoms with Crippen LogP contribution in [0.1, 0.15) is 65.7 Å². The number of aliphatic hydroxyl groups excluding tert-OH is 2. The van der Waals surface area contributed by atoms with Crippen LogP contribution in [-0.2, 0) is 23.7 Å². The van der Waals surface area contributed by atoms with E-state index in [2.05, 4.69) is 19.9 Å². The van der Waals surface area contributed by atoms with Gasteiger partial charge in [0.15, 0.2) is 12.1 Å². The van der Waals surface area contributed by atoms with E-state index in [1.807, 2.05) is 6.92 Å². The smallest absolute Gasteiger partial charge is 0.178 e. The molecular weight excluding hydrogens is 448 g/mol. The number of ether oxygens (including phenoxy) is 5. The lowest BCUT2D eigenvalue weighted by Gasteiger charge is -2.63. The second-order valence-corrected chi connectivity index (χ2v) is 13.0. The molecule has 6 fully saturated rings. The zero-order valence-electron chi connectivity index (χ0n) is 21.4. The topological polar surface area (TPSA) is 86.6 Å². The van der Waals surface area contributed by atoms with Crippen LogP contribution in [0.3, 0.4) is 0 Å². The van der Waals surface area contributed by atoms with Crippen LogP contribution in [0.25, 0.3) is 0 Å². The van der Waals surface area contributed by atoms with Gasteiger partial charge >= 0.3 is 0 Å². The van der Waals surface area contributed by atoms with Gasteiger partial charge in [0.05, 0.1) is 43.7 Å². The van der Waals surface area contributed by atoms with Crippen LogP contribution >= 0.6 is 0 Å². The van der Waals surface area contributed by atoms with Crippen molar-refractivity contribution < 1.29 is 33.9 Å². The van der Waals surface area contributed by atoms with Gasteiger partial charge in [-0.2, -0.15) is 0 Å². The first-order valence-electron chi connectivity index (χ1n) is 14.0. The van der Waals surface area contributed by atoms with Crippen molar-refractivity contribution in [3.05, 3.63) is 11.6 Å². The quantitative estimate of drug-likeness (QED) is 0.588. The Bertz CT molecular complexity index is 893. The van der Waals surface area contributed by atoms with Gasteiger partial charge in [0.25, 0.3) is 0 Å². The molecule has 7 aliphatic rings. The molecule has 7 rings (SSSR count). The van der Waals surface area contributed by atoms with Gasteiger partial charge in [0.2, 0.25) is 0 Å². The van der Waals surface area contributed by atoms with Crippen LogP contribution in [-0.4, -0.2) is 72.6 Å². The third-order valence-corrected chi connectivity index (χ3v) is 11.6. The fourth-order valence-electron chi connectivity index (χ4n) is 9.66. The van der Waals surface area contributed by atoms with Gasteiger partial charge in [-0.1, -0.05) is 25.5 Å². The van der Waals surface area contributed by atoms with Crippen LogP contribution in [0.5, 0.6) is 0 Å². The summed E-state index contributed by atoms with van der Waals surface area (Å²) in [5.41, 5.74) is 1.73. The van der Waals surface area contributed by atoms with Crippen LogP contribution in [0.4, 0.5) is 0 Å². The van der Waals surface area contributed by atoms with Crippen molar-refractivity contribution in [1.29, 1.82) is 0 Å². The van der Waals surface area contributed by atoms with Crippen LogP contribution < -0.4 is 0 Å². The highest BCUT2D eigenvalue weighted by Gasteiger charge is 2.76. The first-order chi connectivity index (χ1) is 16.8. The van der Waals surface area contributed by atoms with Crippen molar-refractivity contribution in [1.82, 2.24) is 0 Å². The number of fused-ring (bicyclic) bond motifs is 3. The summed E-state index contributed by atoms with van der Waals surface area (Å²) in [6, 6.07) is 0. The van der Waals surface area contributed by atoms with E-state index in [4.69, 9.17) is 23.7 Å². The molecule has 2 bridgehead atoms. The number of aliphatic hydroxyl groups is 2. The van der Waals surface area contributed by atoms with Gasteiger partial charge in [-0.15, -0.1) is 0 Å². The molecule has 0 radical (unpaired) electrons. The highest BCUT2D eigenvalue weighted by atomic mass is 16.7. The fraction of sp³-hybridized carbons (Fsp3) is 0.929. The lowest BCUT2D eigenvalue weighted by atomic mass is 9.47. The molecule has 0 spiro atoms. The largest absolute Gasteiger partial charge is 0.396 e. The average Bonchev–Trinajstić information content (AvgIpc) is 3.29. The Morgan fingerprint density at radius 1 is 1.11 bits per heavy atom. The number of hydrogen-bond donors (Lipinski definition) is 2. The maximum atomic E-state index is 10.3. The van der Waals surface area contributed by atoms with Gasteiger partial charge in [0, 0.05) is 36.2 Å². The molecule has 0 aromatic carbocycles. The minimum absolute atomic E-state index is 0.0366. The summed E-state index contributed by atoms with van der Waals surface area (Å²) >= 11 is 0. The maximum Gasteiger partial charge on any atom is 0.178 e. The van der Waals surface area contributed by atoms with Gasteiger partial charge in [-0.3, -0.25) is 0 Å². The number of hydrogen-bond acceptors (Lipinski definition) is 7. The summed E-state index contributed by atoms with van der Waals surface area (Å²) in [7, 11) is 0. The molecule has 4 unspecified atom stereocenters. The van der Waals surface area contributed by atoms with Gasteiger partial charge in [0.1, 0.15) is 0 Å². The van der Waals surface area contributed by atoms with Crippen molar-refractivity contribution in [3.8, 4) is 0 Å². The molecule has 2 saturated carbocycles. The van der Waals surface area contributed by atoms with Gasteiger partial charge < -0.3 is 33.9 Å². The third kappa shape index (κ3) is 3.09. The normalized spacial score (nSPS) is 58.8. The Morgan fingerprint density at radius 2 is 1.97 bits per heavy atom. The molecule has 13 atom stereocenters. The Hall–Kier alpha value is -0.540. The van der Waals surface area contributed by atoms with E-state index in [9.17, 15) is 10.2 Å². The van der Waals surface area contributed by atoms with E-state index in [1.54, 1.807) is 0 Å². The molecule has 0 aromatic heterocycles. The summed E-state index contributed by atoms with van der Waals surface area (Å²) in [5, 5.41) is 19.9. The first kappa shape index (κ1) is 23.6. The number of allylic oxidation sites excluding steroid dienone is 1. The van der Waals surface area contributed by atoms with E-state index in [1.165, 1.54) is 12.0 Å². The van der Waals surface area contributed by atoms with Crippen molar-refractivity contribution in [2.45, 2.75) is 108 Å². The molecule has 2 N–H and O–H groups in total. The second kappa shape index (κ2) is 7.98. The molecule has 4 aliphatic heterocycles. The maximum absolute atomic E-state index is 10.3. The molecule has 196 valence electrons. The molecule has 3 aliphatic carbocycles. The van der Waals surface area contributed by atoms with Crippen molar-refractivity contribution >= 4 is 0 Å². The summed E-state index contributed by atoms with van der Waals surface area (Å²) in [5.74, 6) is 0.782. The third-order valence-electron chi connectivity index (χ3n) is 11.6. The zero-order chi connectivity index (χ0) is 24.2.